The average molecular weight is 396 g/mol. The van der Waals surface area contributed by atoms with Crippen molar-refractivity contribution in [3.05, 3.63) is 47.8 Å². The molecule has 6 nitrogen and oxygen atoms in total. The van der Waals surface area contributed by atoms with Crippen molar-refractivity contribution < 1.29 is 4.79 Å². The van der Waals surface area contributed by atoms with Gasteiger partial charge in [0.2, 0.25) is 11.1 Å². The fraction of sp³-hybridized carbons (Fsp3) is 0.429. The summed E-state index contributed by atoms with van der Waals surface area (Å²) in [4.78, 5) is 24.1. The number of aryl methyl sites for hydroxylation is 2. The molecule has 1 aliphatic rings. The van der Waals surface area contributed by atoms with Gasteiger partial charge in [-0.3, -0.25) is 4.79 Å². The highest BCUT2D eigenvalue weighted by molar-refractivity contribution is 7.99. The van der Waals surface area contributed by atoms with E-state index in [0.717, 1.165) is 29.9 Å². The van der Waals surface area contributed by atoms with E-state index in [1.165, 1.54) is 31.0 Å². The average Bonchev–Trinajstić information content (AvgIpc) is 3.11. The van der Waals surface area contributed by atoms with E-state index in [0.29, 0.717) is 16.7 Å². The second kappa shape index (κ2) is 8.31. The number of aromatic nitrogens is 4. The number of hydrogen-bond acceptors (Lipinski definition) is 5. The van der Waals surface area contributed by atoms with Crippen molar-refractivity contribution in [1.29, 1.82) is 0 Å². The molecule has 2 heterocycles. The highest BCUT2D eigenvalue weighted by atomic mass is 32.2. The molecule has 3 aromatic rings. The summed E-state index contributed by atoms with van der Waals surface area (Å²) in [6.07, 6.45) is 5.78. The number of para-hydroxylation sites is 1. The summed E-state index contributed by atoms with van der Waals surface area (Å²) in [5, 5.41) is 5.09. The molecule has 1 aromatic carbocycles. The first-order chi connectivity index (χ1) is 13.6. The number of anilines is 1. The smallest absolute Gasteiger partial charge is 0.253 e. The molecule has 146 valence electrons. The van der Waals surface area contributed by atoms with Gasteiger partial charge in [-0.2, -0.15) is 4.98 Å². The summed E-state index contributed by atoms with van der Waals surface area (Å²) in [6, 6.07) is 12.3. The Morgan fingerprint density at radius 1 is 1.14 bits per heavy atom. The maximum Gasteiger partial charge on any atom is 0.253 e. The molecule has 7 heteroatoms. The number of thioether (sulfide) groups is 1. The molecule has 0 saturated heterocycles. The van der Waals surface area contributed by atoms with Crippen molar-refractivity contribution in [2.24, 2.45) is 0 Å². The maximum absolute atomic E-state index is 13.2. The number of benzene rings is 1. The van der Waals surface area contributed by atoms with Crippen LogP contribution < -0.4 is 4.90 Å². The molecular weight excluding hydrogens is 370 g/mol. The minimum Gasteiger partial charge on any atom is -0.309 e. The third kappa shape index (κ3) is 4.04. The molecule has 1 amide bonds. The fourth-order valence-electron chi connectivity index (χ4n) is 3.89. The lowest BCUT2D eigenvalue weighted by Crippen LogP contribution is -2.42. The number of nitrogens with zero attached hydrogens (tertiary/aromatic N) is 5. The Bertz CT molecular complexity index is 966. The van der Waals surface area contributed by atoms with Crippen LogP contribution in [0.25, 0.3) is 5.78 Å². The zero-order valence-corrected chi connectivity index (χ0v) is 17.2. The first-order valence-corrected chi connectivity index (χ1v) is 10.8. The van der Waals surface area contributed by atoms with Crippen LogP contribution >= 0.6 is 11.8 Å². The summed E-state index contributed by atoms with van der Waals surface area (Å²) in [5.41, 5.74) is 2.88. The van der Waals surface area contributed by atoms with E-state index in [1.807, 2.05) is 55.1 Å². The topological polar surface area (TPSA) is 63.4 Å². The van der Waals surface area contributed by atoms with E-state index in [1.54, 1.807) is 4.52 Å². The lowest BCUT2D eigenvalue weighted by molar-refractivity contribution is -0.116. The van der Waals surface area contributed by atoms with Gasteiger partial charge in [-0.1, -0.05) is 49.2 Å². The van der Waals surface area contributed by atoms with Gasteiger partial charge < -0.3 is 4.90 Å². The largest absolute Gasteiger partial charge is 0.309 e. The summed E-state index contributed by atoms with van der Waals surface area (Å²) in [6.45, 7) is 3.93. The molecule has 0 N–H and O–H groups in total. The van der Waals surface area contributed by atoms with Crippen LogP contribution in [-0.2, 0) is 4.79 Å². The third-order valence-electron chi connectivity index (χ3n) is 5.17. The van der Waals surface area contributed by atoms with Gasteiger partial charge in [0.15, 0.2) is 0 Å². The van der Waals surface area contributed by atoms with Crippen molar-refractivity contribution in [3.8, 4) is 0 Å². The van der Waals surface area contributed by atoms with E-state index in [-0.39, 0.29) is 11.9 Å². The molecule has 2 aromatic heterocycles. The standard InChI is InChI=1S/C21H25N5OS/c1-15-13-16(2)26-20(22-15)23-21(24-26)28-14-19(27)25(17-9-5-3-6-10-17)18-11-7-4-8-12-18/h3,5-6,9-10,13,18H,4,7-8,11-12,14H2,1-2H3. The van der Waals surface area contributed by atoms with Gasteiger partial charge in [0.25, 0.3) is 5.78 Å². The van der Waals surface area contributed by atoms with E-state index in [2.05, 4.69) is 15.1 Å². The zero-order chi connectivity index (χ0) is 19.5. The Morgan fingerprint density at radius 2 is 1.89 bits per heavy atom. The van der Waals surface area contributed by atoms with Crippen LogP contribution in [0.4, 0.5) is 5.69 Å². The van der Waals surface area contributed by atoms with Crippen LogP contribution in [0.3, 0.4) is 0 Å². The first-order valence-electron chi connectivity index (χ1n) is 9.83. The Morgan fingerprint density at radius 3 is 2.64 bits per heavy atom. The number of fused-ring (bicyclic) bond motifs is 1. The lowest BCUT2D eigenvalue weighted by Gasteiger charge is -2.34. The van der Waals surface area contributed by atoms with E-state index in [9.17, 15) is 4.79 Å². The molecule has 1 aliphatic carbocycles. The van der Waals surface area contributed by atoms with Crippen LogP contribution in [0.2, 0.25) is 0 Å². The van der Waals surface area contributed by atoms with Crippen LogP contribution in [0.1, 0.15) is 43.5 Å². The predicted octanol–water partition coefficient (Wildman–Crippen LogP) is 4.20. The second-order valence-corrected chi connectivity index (χ2v) is 8.27. The molecular formula is C21H25N5OS. The van der Waals surface area contributed by atoms with Crippen LogP contribution in [0.15, 0.2) is 41.6 Å². The molecule has 0 unspecified atom stereocenters. The van der Waals surface area contributed by atoms with Gasteiger partial charge in [-0.05, 0) is 44.9 Å². The minimum atomic E-state index is 0.114. The highest BCUT2D eigenvalue weighted by Gasteiger charge is 2.27. The lowest BCUT2D eigenvalue weighted by atomic mass is 9.93. The van der Waals surface area contributed by atoms with Gasteiger partial charge in [-0.25, -0.2) is 9.50 Å². The SMILES string of the molecule is Cc1cc(C)n2nc(SCC(=O)N(c3ccccc3)C3CCCCC3)nc2n1. The molecule has 28 heavy (non-hydrogen) atoms. The Kier molecular flexibility index (Phi) is 5.62. The number of hydrogen-bond donors (Lipinski definition) is 0. The second-order valence-electron chi connectivity index (χ2n) is 7.32. The van der Waals surface area contributed by atoms with Gasteiger partial charge in [0.05, 0.1) is 5.75 Å². The third-order valence-corrected chi connectivity index (χ3v) is 5.99. The number of amides is 1. The van der Waals surface area contributed by atoms with Crippen molar-refractivity contribution in [3.63, 3.8) is 0 Å². The summed E-state index contributed by atoms with van der Waals surface area (Å²) in [7, 11) is 0. The number of carbonyl (C=O) groups is 1. The monoisotopic (exact) mass is 395 g/mol. The Labute approximate surface area is 169 Å². The molecule has 0 atom stereocenters. The zero-order valence-electron chi connectivity index (χ0n) is 16.3. The van der Waals surface area contributed by atoms with Gasteiger partial charge in [-0.15, -0.1) is 5.10 Å². The Balaban J connectivity index is 1.52. The summed E-state index contributed by atoms with van der Waals surface area (Å²) in [5.74, 6) is 1.02. The summed E-state index contributed by atoms with van der Waals surface area (Å²) >= 11 is 1.38. The van der Waals surface area contributed by atoms with E-state index < -0.39 is 0 Å². The van der Waals surface area contributed by atoms with Crippen molar-refractivity contribution >= 4 is 29.1 Å². The minimum absolute atomic E-state index is 0.114. The van der Waals surface area contributed by atoms with Crippen molar-refractivity contribution in [1.82, 2.24) is 19.6 Å². The molecule has 4 rings (SSSR count). The normalized spacial score (nSPS) is 15.1. The fourth-order valence-corrected chi connectivity index (χ4v) is 4.57. The van der Waals surface area contributed by atoms with Crippen molar-refractivity contribution in [2.75, 3.05) is 10.7 Å². The number of carbonyl (C=O) groups excluding carboxylic acids is 1. The first kappa shape index (κ1) is 18.9. The van der Waals surface area contributed by atoms with Crippen LogP contribution in [0.5, 0.6) is 0 Å². The predicted molar refractivity (Wildman–Crippen MR) is 112 cm³/mol. The quantitative estimate of drug-likeness (QED) is 0.606. The molecule has 1 fully saturated rings. The van der Waals surface area contributed by atoms with Crippen LogP contribution in [-0.4, -0.2) is 37.3 Å². The van der Waals surface area contributed by atoms with Crippen molar-refractivity contribution in [2.45, 2.75) is 57.1 Å². The Hall–Kier alpha value is -2.41. The highest BCUT2D eigenvalue weighted by Crippen LogP contribution is 2.28. The van der Waals surface area contributed by atoms with Gasteiger partial charge in [0.1, 0.15) is 0 Å². The van der Waals surface area contributed by atoms with E-state index in [4.69, 9.17) is 0 Å². The summed E-state index contributed by atoms with van der Waals surface area (Å²) < 4.78 is 1.73. The molecule has 0 radical (unpaired) electrons. The van der Waals surface area contributed by atoms with Crippen LogP contribution in [0, 0.1) is 13.8 Å². The molecule has 0 bridgehead atoms. The maximum atomic E-state index is 13.2. The molecule has 1 saturated carbocycles. The molecule has 0 spiro atoms. The van der Waals surface area contributed by atoms with Gasteiger partial charge >= 0.3 is 0 Å². The van der Waals surface area contributed by atoms with E-state index >= 15 is 0 Å². The number of rotatable bonds is 5. The van der Waals surface area contributed by atoms with Gasteiger partial charge in [0, 0.05) is 23.1 Å². The molecule has 0 aliphatic heterocycles.